The van der Waals surface area contributed by atoms with Crippen LogP contribution in [-0.4, -0.2) is 23.7 Å². The quantitative estimate of drug-likeness (QED) is 0.876. The second-order valence-corrected chi connectivity index (χ2v) is 5.38. The highest BCUT2D eigenvalue weighted by molar-refractivity contribution is 9.10. The van der Waals surface area contributed by atoms with Gasteiger partial charge in [-0.05, 0) is 43.4 Å². The number of hydrogen-bond acceptors (Lipinski definition) is 2. The standard InChI is InChI=1S/C13H16BrNO2/c14-11-3-1-2-10(8-11)13(17)15-7-6-12(16)9-4-5-9/h1-3,8-9,12,16H,4-7H2,(H,15,17)/t12-/m0/s1. The molecule has 0 saturated heterocycles. The third-order valence-corrected chi connectivity index (χ3v) is 3.47. The summed E-state index contributed by atoms with van der Waals surface area (Å²) in [6, 6.07) is 7.27. The minimum absolute atomic E-state index is 0.0886. The first kappa shape index (κ1) is 12.6. The maximum Gasteiger partial charge on any atom is 0.251 e. The van der Waals surface area contributed by atoms with Gasteiger partial charge in [-0.2, -0.15) is 0 Å². The molecule has 3 nitrogen and oxygen atoms in total. The van der Waals surface area contributed by atoms with Gasteiger partial charge in [0.15, 0.2) is 0 Å². The molecule has 4 heteroatoms. The van der Waals surface area contributed by atoms with Crippen LogP contribution in [0.15, 0.2) is 28.7 Å². The zero-order chi connectivity index (χ0) is 12.3. The molecule has 2 N–H and O–H groups in total. The van der Waals surface area contributed by atoms with Crippen LogP contribution in [-0.2, 0) is 0 Å². The van der Waals surface area contributed by atoms with Crippen LogP contribution in [0.5, 0.6) is 0 Å². The molecule has 17 heavy (non-hydrogen) atoms. The van der Waals surface area contributed by atoms with Gasteiger partial charge in [0.25, 0.3) is 5.91 Å². The highest BCUT2D eigenvalue weighted by Gasteiger charge is 2.29. The van der Waals surface area contributed by atoms with Gasteiger partial charge in [0.05, 0.1) is 6.10 Å². The first-order valence-corrected chi connectivity index (χ1v) is 6.68. The summed E-state index contributed by atoms with van der Waals surface area (Å²) in [5.74, 6) is 0.382. The van der Waals surface area contributed by atoms with Crippen LogP contribution < -0.4 is 5.32 Å². The third kappa shape index (κ3) is 3.82. The van der Waals surface area contributed by atoms with Gasteiger partial charge in [0.1, 0.15) is 0 Å². The van der Waals surface area contributed by atoms with E-state index in [0.717, 1.165) is 17.3 Å². The zero-order valence-corrected chi connectivity index (χ0v) is 11.1. The van der Waals surface area contributed by atoms with E-state index in [0.29, 0.717) is 24.4 Å². The summed E-state index contributed by atoms with van der Waals surface area (Å²) in [6.45, 7) is 0.531. The van der Waals surface area contributed by atoms with Crippen molar-refractivity contribution in [1.29, 1.82) is 0 Å². The molecule has 0 aromatic heterocycles. The largest absolute Gasteiger partial charge is 0.393 e. The summed E-state index contributed by atoms with van der Waals surface area (Å²) in [4.78, 5) is 11.8. The lowest BCUT2D eigenvalue weighted by molar-refractivity contribution is 0.0937. The normalized spacial score (nSPS) is 16.6. The van der Waals surface area contributed by atoms with Crippen LogP contribution in [0.25, 0.3) is 0 Å². The fraction of sp³-hybridized carbons (Fsp3) is 0.462. The number of aliphatic hydroxyl groups is 1. The van der Waals surface area contributed by atoms with Gasteiger partial charge in [-0.1, -0.05) is 22.0 Å². The van der Waals surface area contributed by atoms with Crippen molar-refractivity contribution in [3.05, 3.63) is 34.3 Å². The van der Waals surface area contributed by atoms with E-state index in [4.69, 9.17) is 0 Å². The highest BCUT2D eigenvalue weighted by Crippen LogP contribution is 2.33. The Balaban J connectivity index is 1.76. The summed E-state index contributed by atoms with van der Waals surface area (Å²) >= 11 is 3.33. The number of nitrogens with one attached hydrogen (secondary N) is 1. The van der Waals surface area contributed by atoms with Crippen molar-refractivity contribution >= 4 is 21.8 Å². The maximum absolute atomic E-state index is 11.8. The van der Waals surface area contributed by atoms with Crippen molar-refractivity contribution in [2.24, 2.45) is 5.92 Å². The van der Waals surface area contributed by atoms with Crippen molar-refractivity contribution in [2.75, 3.05) is 6.54 Å². The van der Waals surface area contributed by atoms with Crippen LogP contribution in [0.1, 0.15) is 29.6 Å². The molecule has 0 heterocycles. The number of carbonyl (C=O) groups excluding carboxylic acids is 1. The zero-order valence-electron chi connectivity index (χ0n) is 9.53. The number of rotatable bonds is 5. The van der Waals surface area contributed by atoms with Crippen molar-refractivity contribution in [3.63, 3.8) is 0 Å². The molecule has 0 aliphatic heterocycles. The lowest BCUT2D eigenvalue weighted by Crippen LogP contribution is -2.27. The molecule has 0 spiro atoms. The molecule has 0 unspecified atom stereocenters. The Kier molecular flexibility index (Phi) is 4.18. The summed E-state index contributed by atoms with van der Waals surface area (Å²) in [5, 5.41) is 12.5. The molecule has 0 bridgehead atoms. The Labute approximate surface area is 109 Å². The molecule has 0 radical (unpaired) electrons. The number of carbonyl (C=O) groups is 1. The number of halogens is 1. The maximum atomic E-state index is 11.8. The van der Waals surface area contributed by atoms with E-state index in [2.05, 4.69) is 21.2 Å². The molecule has 2 rings (SSSR count). The second kappa shape index (κ2) is 5.65. The molecular formula is C13H16BrNO2. The van der Waals surface area contributed by atoms with Gasteiger partial charge in [0.2, 0.25) is 0 Å². The number of benzene rings is 1. The van der Waals surface area contributed by atoms with Crippen molar-refractivity contribution < 1.29 is 9.90 Å². The first-order valence-electron chi connectivity index (χ1n) is 5.88. The Hall–Kier alpha value is -0.870. The Morgan fingerprint density at radius 2 is 2.29 bits per heavy atom. The Bertz CT molecular complexity index is 404. The molecule has 1 aromatic carbocycles. The van der Waals surface area contributed by atoms with Gasteiger partial charge < -0.3 is 10.4 Å². The summed E-state index contributed by atoms with van der Waals surface area (Å²) in [5.41, 5.74) is 0.639. The molecular weight excluding hydrogens is 282 g/mol. The first-order chi connectivity index (χ1) is 8.16. The number of amides is 1. The van der Waals surface area contributed by atoms with Crippen LogP contribution >= 0.6 is 15.9 Å². The summed E-state index contributed by atoms with van der Waals surface area (Å²) < 4.78 is 0.892. The summed E-state index contributed by atoms with van der Waals surface area (Å²) in [7, 11) is 0. The average Bonchev–Trinajstić information content (AvgIpc) is 3.12. The van der Waals surface area contributed by atoms with E-state index in [9.17, 15) is 9.90 Å². The SMILES string of the molecule is O=C(NCC[C@H](O)C1CC1)c1cccc(Br)c1. The van der Waals surface area contributed by atoms with Gasteiger partial charge in [0, 0.05) is 16.6 Å². The second-order valence-electron chi connectivity index (χ2n) is 4.46. The topological polar surface area (TPSA) is 49.3 Å². The molecule has 1 amide bonds. The third-order valence-electron chi connectivity index (χ3n) is 2.98. The fourth-order valence-electron chi connectivity index (χ4n) is 1.78. The molecule has 1 aromatic rings. The molecule has 92 valence electrons. The van der Waals surface area contributed by atoms with E-state index in [1.807, 2.05) is 12.1 Å². The number of hydrogen-bond donors (Lipinski definition) is 2. The van der Waals surface area contributed by atoms with E-state index in [1.165, 1.54) is 0 Å². The van der Waals surface area contributed by atoms with Gasteiger partial charge in [-0.25, -0.2) is 0 Å². The molecule has 1 saturated carbocycles. The predicted molar refractivity (Wildman–Crippen MR) is 69.8 cm³/mol. The minimum Gasteiger partial charge on any atom is -0.393 e. The fourth-order valence-corrected chi connectivity index (χ4v) is 2.18. The van der Waals surface area contributed by atoms with Gasteiger partial charge >= 0.3 is 0 Å². The van der Waals surface area contributed by atoms with Crippen molar-refractivity contribution in [3.8, 4) is 0 Å². The van der Waals surface area contributed by atoms with Crippen LogP contribution in [0, 0.1) is 5.92 Å². The Morgan fingerprint density at radius 3 is 2.94 bits per heavy atom. The van der Waals surface area contributed by atoms with Gasteiger partial charge in [-0.15, -0.1) is 0 Å². The van der Waals surface area contributed by atoms with Crippen LogP contribution in [0.2, 0.25) is 0 Å². The lowest BCUT2D eigenvalue weighted by atomic mass is 10.1. The predicted octanol–water partition coefficient (Wildman–Crippen LogP) is 2.34. The van der Waals surface area contributed by atoms with Gasteiger partial charge in [-0.3, -0.25) is 4.79 Å². The minimum atomic E-state index is -0.252. The molecule has 1 aliphatic rings. The lowest BCUT2D eigenvalue weighted by Gasteiger charge is -2.10. The van der Waals surface area contributed by atoms with Crippen molar-refractivity contribution in [2.45, 2.75) is 25.4 Å². The number of aliphatic hydroxyl groups excluding tert-OH is 1. The molecule has 1 aliphatic carbocycles. The smallest absolute Gasteiger partial charge is 0.251 e. The van der Waals surface area contributed by atoms with Crippen molar-refractivity contribution in [1.82, 2.24) is 5.32 Å². The van der Waals surface area contributed by atoms with E-state index in [-0.39, 0.29) is 12.0 Å². The molecule has 1 atom stereocenters. The van der Waals surface area contributed by atoms with E-state index < -0.39 is 0 Å². The molecule has 1 fully saturated rings. The van der Waals surface area contributed by atoms with Crippen LogP contribution in [0.4, 0.5) is 0 Å². The average molecular weight is 298 g/mol. The van der Waals surface area contributed by atoms with E-state index >= 15 is 0 Å². The van der Waals surface area contributed by atoms with Crippen LogP contribution in [0.3, 0.4) is 0 Å². The monoisotopic (exact) mass is 297 g/mol. The summed E-state index contributed by atoms with van der Waals surface area (Å²) in [6.07, 6.45) is 2.64. The Morgan fingerprint density at radius 1 is 1.53 bits per heavy atom. The van der Waals surface area contributed by atoms with E-state index in [1.54, 1.807) is 12.1 Å². The highest BCUT2D eigenvalue weighted by atomic mass is 79.9.